The second-order valence-corrected chi connectivity index (χ2v) is 7.33. The molecule has 1 aliphatic heterocycles. The molecule has 160 valence electrons. The van der Waals surface area contributed by atoms with Crippen LogP contribution in [0.3, 0.4) is 0 Å². The molecule has 1 saturated heterocycles. The van der Waals surface area contributed by atoms with Gasteiger partial charge in [-0.05, 0) is 23.3 Å². The second-order valence-electron chi connectivity index (χ2n) is 7.33. The van der Waals surface area contributed by atoms with Crippen LogP contribution in [0.15, 0.2) is 60.9 Å². The number of rotatable bonds is 7. The molecule has 1 amide bonds. The van der Waals surface area contributed by atoms with E-state index < -0.39 is 4.92 Å². The number of non-ortho nitro benzene ring substituents is 1. The van der Waals surface area contributed by atoms with E-state index in [0.717, 1.165) is 38.4 Å². The SMILES string of the molecule is O=C(NCc1ccc(CN2CCOCC2)cc1)c1cnn(-c2ccc([N+](=O)[O-])cc2)c1. The number of carbonyl (C=O) groups is 1. The van der Waals surface area contributed by atoms with Gasteiger partial charge in [0.25, 0.3) is 11.6 Å². The van der Waals surface area contributed by atoms with E-state index in [9.17, 15) is 14.9 Å². The molecule has 3 aromatic rings. The molecule has 1 N–H and O–H groups in total. The van der Waals surface area contributed by atoms with E-state index in [2.05, 4.69) is 27.4 Å². The van der Waals surface area contributed by atoms with Gasteiger partial charge in [0.15, 0.2) is 0 Å². The summed E-state index contributed by atoms with van der Waals surface area (Å²) in [6.07, 6.45) is 3.07. The van der Waals surface area contributed by atoms with Crippen molar-refractivity contribution in [2.75, 3.05) is 26.3 Å². The second kappa shape index (κ2) is 9.50. The highest BCUT2D eigenvalue weighted by Gasteiger charge is 2.12. The number of amides is 1. The first-order valence-corrected chi connectivity index (χ1v) is 10.0. The van der Waals surface area contributed by atoms with E-state index in [-0.39, 0.29) is 11.6 Å². The monoisotopic (exact) mass is 421 g/mol. The fourth-order valence-electron chi connectivity index (χ4n) is 3.37. The molecule has 0 radical (unpaired) electrons. The third kappa shape index (κ3) is 5.33. The van der Waals surface area contributed by atoms with E-state index in [1.54, 1.807) is 18.3 Å². The maximum absolute atomic E-state index is 12.5. The van der Waals surface area contributed by atoms with Gasteiger partial charge in [0.2, 0.25) is 0 Å². The fraction of sp³-hybridized carbons (Fsp3) is 0.273. The van der Waals surface area contributed by atoms with Crippen LogP contribution in [0.25, 0.3) is 5.69 Å². The third-order valence-corrected chi connectivity index (χ3v) is 5.16. The van der Waals surface area contributed by atoms with Crippen molar-refractivity contribution in [3.05, 3.63) is 87.7 Å². The molecule has 0 aliphatic carbocycles. The largest absolute Gasteiger partial charge is 0.379 e. The highest BCUT2D eigenvalue weighted by Crippen LogP contribution is 2.15. The quantitative estimate of drug-likeness (QED) is 0.465. The maximum atomic E-state index is 12.5. The highest BCUT2D eigenvalue weighted by molar-refractivity contribution is 5.93. The highest BCUT2D eigenvalue weighted by atomic mass is 16.6. The number of aromatic nitrogens is 2. The molecule has 1 aliphatic rings. The van der Waals surface area contributed by atoms with Crippen LogP contribution in [0.4, 0.5) is 5.69 Å². The van der Waals surface area contributed by atoms with Gasteiger partial charge in [0, 0.05) is 44.5 Å². The zero-order valence-electron chi connectivity index (χ0n) is 16.9. The summed E-state index contributed by atoms with van der Waals surface area (Å²) in [4.78, 5) is 25.1. The van der Waals surface area contributed by atoms with E-state index in [1.807, 2.05) is 12.1 Å². The van der Waals surface area contributed by atoms with Gasteiger partial charge in [-0.3, -0.25) is 19.8 Å². The summed E-state index contributed by atoms with van der Waals surface area (Å²) in [7, 11) is 0. The summed E-state index contributed by atoms with van der Waals surface area (Å²) in [5, 5.41) is 17.8. The molecule has 0 spiro atoms. The van der Waals surface area contributed by atoms with Crippen molar-refractivity contribution in [2.24, 2.45) is 0 Å². The van der Waals surface area contributed by atoms with Gasteiger partial charge >= 0.3 is 0 Å². The molecule has 2 heterocycles. The lowest BCUT2D eigenvalue weighted by Crippen LogP contribution is -2.35. The molecule has 1 aromatic heterocycles. The van der Waals surface area contributed by atoms with Crippen molar-refractivity contribution in [1.29, 1.82) is 0 Å². The molecule has 1 fully saturated rings. The smallest absolute Gasteiger partial charge is 0.269 e. The zero-order chi connectivity index (χ0) is 21.6. The number of morpholine rings is 1. The van der Waals surface area contributed by atoms with E-state index >= 15 is 0 Å². The summed E-state index contributed by atoms with van der Waals surface area (Å²) < 4.78 is 6.89. The van der Waals surface area contributed by atoms with Gasteiger partial charge < -0.3 is 10.1 Å². The Morgan fingerprint density at radius 2 is 1.74 bits per heavy atom. The van der Waals surface area contributed by atoms with Crippen molar-refractivity contribution in [3.63, 3.8) is 0 Å². The molecule has 4 rings (SSSR count). The molecule has 0 saturated carbocycles. The first-order valence-electron chi connectivity index (χ1n) is 10.0. The Hall–Kier alpha value is -3.56. The van der Waals surface area contributed by atoms with Crippen LogP contribution in [-0.2, 0) is 17.8 Å². The first-order chi connectivity index (χ1) is 15.1. The minimum absolute atomic E-state index is 0.00448. The molecule has 9 nitrogen and oxygen atoms in total. The molecule has 9 heteroatoms. The molecule has 2 aromatic carbocycles. The number of carbonyl (C=O) groups excluding carboxylic acids is 1. The lowest BCUT2D eigenvalue weighted by atomic mass is 10.1. The number of nitro groups is 1. The van der Waals surface area contributed by atoms with Crippen molar-refractivity contribution in [1.82, 2.24) is 20.0 Å². The van der Waals surface area contributed by atoms with Crippen LogP contribution in [0.5, 0.6) is 0 Å². The maximum Gasteiger partial charge on any atom is 0.269 e. The average Bonchev–Trinajstić information content (AvgIpc) is 3.30. The van der Waals surface area contributed by atoms with Gasteiger partial charge in [0.05, 0.1) is 35.6 Å². The van der Waals surface area contributed by atoms with E-state index in [4.69, 9.17) is 4.74 Å². The Bertz CT molecular complexity index is 1040. The van der Waals surface area contributed by atoms with Crippen LogP contribution in [0.2, 0.25) is 0 Å². The molecular weight excluding hydrogens is 398 g/mol. The van der Waals surface area contributed by atoms with Crippen molar-refractivity contribution in [3.8, 4) is 5.69 Å². The Kier molecular flexibility index (Phi) is 6.34. The van der Waals surface area contributed by atoms with Gasteiger partial charge in [-0.1, -0.05) is 24.3 Å². The molecule has 0 unspecified atom stereocenters. The standard InChI is InChI=1S/C22H23N5O4/c28-22(19-14-24-26(16-19)20-5-7-21(8-6-20)27(29)30)23-13-17-1-3-18(4-2-17)15-25-9-11-31-12-10-25/h1-8,14,16H,9-13,15H2,(H,23,28). The molecular formula is C22H23N5O4. The van der Waals surface area contributed by atoms with Crippen LogP contribution in [0.1, 0.15) is 21.5 Å². The zero-order valence-corrected chi connectivity index (χ0v) is 16.9. The fourth-order valence-corrected chi connectivity index (χ4v) is 3.37. The van der Waals surface area contributed by atoms with E-state index in [1.165, 1.54) is 28.6 Å². The Morgan fingerprint density at radius 3 is 2.42 bits per heavy atom. The molecule has 0 bridgehead atoms. The number of ether oxygens (including phenoxy) is 1. The van der Waals surface area contributed by atoms with Crippen LogP contribution in [-0.4, -0.2) is 51.8 Å². The van der Waals surface area contributed by atoms with Crippen LogP contribution >= 0.6 is 0 Å². The number of hydrogen-bond acceptors (Lipinski definition) is 6. The van der Waals surface area contributed by atoms with Crippen LogP contribution in [0, 0.1) is 10.1 Å². The third-order valence-electron chi connectivity index (χ3n) is 5.16. The Balaban J connectivity index is 1.31. The van der Waals surface area contributed by atoms with Gasteiger partial charge in [-0.15, -0.1) is 0 Å². The van der Waals surface area contributed by atoms with Crippen LogP contribution < -0.4 is 5.32 Å². The molecule has 0 atom stereocenters. The predicted octanol–water partition coefficient (Wildman–Crippen LogP) is 2.54. The number of nitro benzene ring substituents is 1. The topological polar surface area (TPSA) is 103 Å². The van der Waals surface area contributed by atoms with Crippen molar-refractivity contribution >= 4 is 11.6 Å². The lowest BCUT2D eigenvalue weighted by molar-refractivity contribution is -0.384. The lowest BCUT2D eigenvalue weighted by Gasteiger charge is -2.26. The number of hydrogen-bond donors (Lipinski definition) is 1. The first kappa shape index (κ1) is 20.7. The van der Waals surface area contributed by atoms with Gasteiger partial charge in [-0.25, -0.2) is 4.68 Å². The summed E-state index contributed by atoms with van der Waals surface area (Å²) in [5.41, 5.74) is 3.32. The Morgan fingerprint density at radius 1 is 1.06 bits per heavy atom. The molecule has 31 heavy (non-hydrogen) atoms. The van der Waals surface area contributed by atoms with E-state index in [0.29, 0.717) is 17.8 Å². The average molecular weight is 421 g/mol. The van der Waals surface area contributed by atoms with Crippen molar-refractivity contribution < 1.29 is 14.5 Å². The minimum Gasteiger partial charge on any atom is -0.379 e. The predicted molar refractivity (Wildman–Crippen MR) is 114 cm³/mol. The Labute approximate surface area is 179 Å². The number of nitrogens with zero attached hydrogens (tertiary/aromatic N) is 4. The summed E-state index contributed by atoms with van der Waals surface area (Å²) >= 11 is 0. The summed E-state index contributed by atoms with van der Waals surface area (Å²) in [6, 6.07) is 14.2. The minimum atomic E-state index is -0.457. The number of benzene rings is 2. The van der Waals surface area contributed by atoms with Gasteiger partial charge in [-0.2, -0.15) is 5.10 Å². The number of nitrogens with one attached hydrogen (secondary N) is 1. The van der Waals surface area contributed by atoms with Crippen molar-refractivity contribution in [2.45, 2.75) is 13.1 Å². The normalized spacial score (nSPS) is 14.3. The summed E-state index contributed by atoms with van der Waals surface area (Å²) in [6.45, 7) is 4.78. The van der Waals surface area contributed by atoms with Gasteiger partial charge in [0.1, 0.15) is 0 Å². The summed E-state index contributed by atoms with van der Waals surface area (Å²) in [5.74, 6) is -0.231.